The summed E-state index contributed by atoms with van der Waals surface area (Å²) in [4.78, 5) is 2.06. The maximum Gasteiger partial charge on any atom is 0.115 e. The summed E-state index contributed by atoms with van der Waals surface area (Å²) in [6, 6.07) is 7.05. The van der Waals surface area contributed by atoms with Crippen molar-refractivity contribution < 1.29 is 15.4 Å². The van der Waals surface area contributed by atoms with Gasteiger partial charge < -0.3 is 20.3 Å². The van der Waals surface area contributed by atoms with Gasteiger partial charge in [0.2, 0.25) is 0 Å². The van der Waals surface area contributed by atoms with Gasteiger partial charge in [0.05, 0.1) is 5.60 Å². The predicted octanol–water partition coefficient (Wildman–Crippen LogP) is 1.25. The van der Waals surface area contributed by atoms with Crippen LogP contribution < -0.4 is 0 Å². The molecule has 0 amide bonds. The molecule has 1 saturated heterocycles. The number of nitrogens with zero attached hydrogens (tertiary/aromatic N) is 2. The normalized spacial score (nSPS) is 21.1. The number of aliphatic hydroxyl groups is 1. The highest BCUT2D eigenvalue weighted by Gasteiger charge is 2.40. The molecule has 1 aromatic carbocycles. The second-order valence-electron chi connectivity index (χ2n) is 5.96. The van der Waals surface area contributed by atoms with Crippen molar-refractivity contribution in [3.8, 4) is 5.75 Å². The standard InChI is InChI=1S/C15H24N2O3/c1-16(2)11-14(12-3-5-13(18)6-4-12)15(19)7-9-17(20)10-8-15/h3-6,14,18-20H,7-11H2,1-2H3. The molecule has 3 N–H and O–H groups in total. The van der Waals surface area contributed by atoms with Gasteiger partial charge in [0.15, 0.2) is 0 Å². The molecule has 5 nitrogen and oxygen atoms in total. The number of aromatic hydroxyl groups is 1. The summed E-state index contributed by atoms with van der Waals surface area (Å²) >= 11 is 0. The molecule has 0 aliphatic carbocycles. The number of hydroxylamine groups is 2. The van der Waals surface area contributed by atoms with E-state index in [0.717, 1.165) is 12.1 Å². The van der Waals surface area contributed by atoms with E-state index < -0.39 is 5.60 Å². The predicted molar refractivity (Wildman–Crippen MR) is 76.9 cm³/mol. The fraction of sp³-hybridized carbons (Fsp3) is 0.600. The van der Waals surface area contributed by atoms with E-state index in [0.29, 0.717) is 25.9 Å². The highest BCUT2D eigenvalue weighted by atomic mass is 16.5. The Morgan fingerprint density at radius 1 is 1.20 bits per heavy atom. The Hall–Kier alpha value is -1.14. The summed E-state index contributed by atoms with van der Waals surface area (Å²) in [6.45, 7) is 1.70. The third kappa shape index (κ3) is 3.49. The zero-order valence-electron chi connectivity index (χ0n) is 12.2. The number of hydrogen-bond donors (Lipinski definition) is 3. The van der Waals surface area contributed by atoms with E-state index in [-0.39, 0.29) is 11.7 Å². The molecular weight excluding hydrogens is 256 g/mol. The Morgan fingerprint density at radius 3 is 2.25 bits per heavy atom. The number of phenolic OH excluding ortho intramolecular Hbond substituents is 1. The second-order valence-corrected chi connectivity index (χ2v) is 5.96. The third-order valence-corrected chi connectivity index (χ3v) is 4.10. The lowest BCUT2D eigenvalue weighted by atomic mass is 9.76. The van der Waals surface area contributed by atoms with Crippen LogP contribution in [0.5, 0.6) is 5.75 Å². The first kappa shape index (κ1) is 15.3. The lowest BCUT2D eigenvalue weighted by molar-refractivity contribution is -0.153. The topological polar surface area (TPSA) is 67.2 Å². The number of piperidine rings is 1. The maximum atomic E-state index is 11.0. The van der Waals surface area contributed by atoms with Crippen LogP contribution in [0.1, 0.15) is 24.3 Å². The van der Waals surface area contributed by atoms with Gasteiger partial charge in [-0.3, -0.25) is 0 Å². The minimum Gasteiger partial charge on any atom is -0.508 e. The Kier molecular flexibility index (Phi) is 4.65. The quantitative estimate of drug-likeness (QED) is 0.774. The molecule has 1 aliphatic heterocycles. The SMILES string of the molecule is CN(C)CC(c1ccc(O)cc1)C1(O)CCN(O)CC1. The number of phenols is 1. The fourth-order valence-corrected chi connectivity index (χ4v) is 2.89. The summed E-state index contributed by atoms with van der Waals surface area (Å²) < 4.78 is 0. The number of benzene rings is 1. The van der Waals surface area contributed by atoms with Crippen LogP contribution in [0.4, 0.5) is 0 Å². The smallest absolute Gasteiger partial charge is 0.115 e. The van der Waals surface area contributed by atoms with E-state index in [1.165, 1.54) is 5.06 Å². The van der Waals surface area contributed by atoms with E-state index in [1.54, 1.807) is 12.1 Å². The van der Waals surface area contributed by atoms with Crippen LogP contribution in [0.25, 0.3) is 0 Å². The van der Waals surface area contributed by atoms with Gasteiger partial charge in [0.1, 0.15) is 5.75 Å². The molecule has 1 aromatic rings. The van der Waals surface area contributed by atoms with Crippen molar-refractivity contribution >= 4 is 0 Å². The summed E-state index contributed by atoms with van der Waals surface area (Å²) in [7, 11) is 3.97. The Morgan fingerprint density at radius 2 is 1.75 bits per heavy atom. The van der Waals surface area contributed by atoms with Crippen molar-refractivity contribution in [2.75, 3.05) is 33.7 Å². The van der Waals surface area contributed by atoms with Gasteiger partial charge in [-0.05, 0) is 44.6 Å². The van der Waals surface area contributed by atoms with Crippen molar-refractivity contribution in [1.29, 1.82) is 0 Å². The highest BCUT2D eigenvalue weighted by Crippen LogP contribution is 2.37. The van der Waals surface area contributed by atoms with Gasteiger partial charge in [-0.1, -0.05) is 12.1 Å². The first-order valence-corrected chi connectivity index (χ1v) is 7.00. The Labute approximate surface area is 120 Å². The molecule has 112 valence electrons. The molecule has 20 heavy (non-hydrogen) atoms. The fourth-order valence-electron chi connectivity index (χ4n) is 2.89. The molecule has 1 atom stereocenters. The summed E-state index contributed by atoms with van der Waals surface area (Å²) in [5.41, 5.74) is 0.200. The van der Waals surface area contributed by atoms with E-state index >= 15 is 0 Å². The van der Waals surface area contributed by atoms with Crippen LogP contribution in [-0.4, -0.2) is 64.7 Å². The van der Waals surface area contributed by atoms with E-state index in [9.17, 15) is 15.4 Å². The average molecular weight is 280 g/mol. The Bertz CT molecular complexity index is 425. The van der Waals surface area contributed by atoms with E-state index in [2.05, 4.69) is 4.90 Å². The van der Waals surface area contributed by atoms with Gasteiger partial charge >= 0.3 is 0 Å². The molecule has 0 aromatic heterocycles. The first-order chi connectivity index (χ1) is 9.40. The van der Waals surface area contributed by atoms with Crippen LogP contribution in [0.2, 0.25) is 0 Å². The molecule has 1 fully saturated rings. The minimum absolute atomic E-state index is 0.0354. The molecule has 2 rings (SSSR count). The van der Waals surface area contributed by atoms with Crippen molar-refractivity contribution in [3.63, 3.8) is 0 Å². The van der Waals surface area contributed by atoms with Gasteiger partial charge in [-0.2, -0.15) is 5.06 Å². The second kappa shape index (κ2) is 6.10. The van der Waals surface area contributed by atoms with Crippen molar-refractivity contribution in [2.24, 2.45) is 0 Å². The van der Waals surface area contributed by atoms with E-state index in [1.807, 2.05) is 26.2 Å². The molecule has 1 aliphatic rings. The third-order valence-electron chi connectivity index (χ3n) is 4.10. The number of rotatable bonds is 4. The van der Waals surface area contributed by atoms with Gasteiger partial charge in [-0.25, -0.2) is 0 Å². The minimum atomic E-state index is -0.819. The molecule has 0 bridgehead atoms. The van der Waals surface area contributed by atoms with Crippen molar-refractivity contribution in [1.82, 2.24) is 9.96 Å². The summed E-state index contributed by atoms with van der Waals surface area (Å²) in [5.74, 6) is 0.196. The zero-order valence-corrected chi connectivity index (χ0v) is 12.2. The van der Waals surface area contributed by atoms with Crippen LogP contribution in [0.3, 0.4) is 0 Å². The molecular formula is C15H24N2O3. The van der Waals surface area contributed by atoms with Gasteiger partial charge in [-0.15, -0.1) is 0 Å². The number of hydrogen-bond acceptors (Lipinski definition) is 5. The Balaban J connectivity index is 2.25. The lowest BCUT2D eigenvalue weighted by Crippen LogP contribution is -2.49. The average Bonchev–Trinajstić information content (AvgIpc) is 2.41. The molecule has 5 heteroatoms. The largest absolute Gasteiger partial charge is 0.508 e. The van der Waals surface area contributed by atoms with E-state index in [4.69, 9.17) is 0 Å². The summed E-state index contributed by atoms with van der Waals surface area (Å²) in [6.07, 6.45) is 1.09. The molecule has 0 spiro atoms. The summed E-state index contributed by atoms with van der Waals surface area (Å²) in [5, 5.41) is 31.2. The first-order valence-electron chi connectivity index (χ1n) is 7.00. The highest BCUT2D eigenvalue weighted by molar-refractivity contribution is 5.30. The number of likely N-dealkylation sites (N-methyl/N-ethyl adjacent to an activating group) is 1. The molecule has 0 radical (unpaired) electrons. The molecule has 1 heterocycles. The van der Waals surface area contributed by atoms with Crippen LogP contribution in [0.15, 0.2) is 24.3 Å². The van der Waals surface area contributed by atoms with Crippen LogP contribution in [0, 0.1) is 0 Å². The van der Waals surface area contributed by atoms with Gasteiger partial charge in [0.25, 0.3) is 0 Å². The van der Waals surface area contributed by atoms with Crippen molar-refractivity contribution in [2.45, 2.75) is 24.4 Å². The maximum absolute atomic E-state index is 11.0. The van der Waals surface area contributed by atoms with Crippen molar-refractivity contribution in [3.05, 3.63) is 29.8 Å². The van der Waals surface area contributed by atoms with Crippen LogP contribution in [-0.2, 0) is 0 Å². The monoisotopic (exact) mass is 280 g/mol. The molecule has 0 saturated carbocycles. The molecule has 1 unspecified atom stereocenters. The lowest BCUT2D eigenvalue weighted by Gasteiger charge is -2.42. The zero-order chi connectivity index (χ0) is 14.8. The van der Waals surface area contributed by atoms with Gasteiger partial charge in [0, 0.05) is 25.6 Å². The van der Waals surface area contributed by atoms with Crippen LogP contribution >= 0.6 is 0 Å².